The van der Waals surface area contributed by atoms with Crippen LogP contribution in [-0.4, -0.2) is 23.2 Å². The maximum Gasteiger partial charge on any atom is 0.0752 e. The van der Waals surface area contributed by atoms with E-state index in [-0.39, 0.29) is 5.54 Å². The summed E-state index contributed by atoms with van der Waals surface area (Å²) in [5.41, 5.74) is 4.87. The minimum atomic E-state index is 0.0274. The zero-order chi connectivity index (χ0) is 16.4. The molecule has 0 amide bonds. The van der Waals surface area contributed by atoms with Crippen LogP contribution in [0, 0.1) is 5.92 Å². The molecule has 1 aromatic rings. The van der Waals surface area contributed by atoms with E-state index < -0.39 is 0 Å². The predicted octanol–water partition coefficient (Wildman–Crippen LogP) is 5.07. The first-order valence-corrected chi connectivity index (χ1v) is 9.37. The fraction of sp³-hybridized carbons (Fsp3) is 0.400. The van der Waals surface area contributed by atoms with E-state index in [4.69, 9.17) is 9.98 Å². The summed E-state index contributed by atoms with van der Waals surface area (Å²) in [6, 6.07) is 10.4. The fourth-order valence-corrected chi connectivity index (χ4v) is 3.93. The molecular weight excluding hydrogens is 300 g/mol. The summed E-state index contributed by atoms with van der Waals surface area (Å²) < 4.78 is 0. The van der Waals surface area contributed by atoms with Gasteiger partial charge < -0.3 is 0 Å². The van der Waals surface area contributed by atoms with E-state index >= 15 is 0 Å². The molecule has 2 aliphatic rings. The maximum atomic E-state index is 5.00. The highest BCUT2D eigenvalue weighted by Gasteiger charge is 2.33. The number of aliphatic imine (C=N–C) groups is 2. The summed E-state index contributed by atoms with van der Waals surface area (Å²) in [6.07, 6.45) is 7.64. The van der Waals surface area contributed by atoms with Crippen molar-refractivity contribution in [1.82, 2.24) is 0 Å². The molecule has 0 aromatic heterocycles. The van der Waals surface area contributed by atoms with E-state index in [0.717, 1.165) is 18.7 Å². The minimum absolute atomic E-state index is 0.0274. The van der Waals surface area contributed by atoms with E-state index in [0.29, 0.717) is 5.92 Å². The number of fused-ring (bicyclic) bond motifs is 1. The van der Waals surface area contributed by atoms with Crippen molar-refractivity contribution in [3.8, 4) is 0 Å². The van der Waals surface area contributed by atoms with Gasteiger partial charge in [-0.2, -0.15) is 0 Å². The van der Waals surface area contributed by atoms with Crippen molar-refractivity contribution in [2.24, 2.45) is 15.9 Å². The van der Waals surface area contributed by atoms with Gasteiger partial charge in [0.2, 0.25) is 0 Å². The third kappa shape index (κ3) is 3.66. The first kappa shape index (κ1) is 16.3. The lowest BCUT2D eigenvalue weighted by atomic mass is 9.79. The summed E-state index contributed by atoms with van der Waals surface area (Å²) in [6.45, 7) is 7.49. The first-order valence-electron chi connectivity index (χ1n) is 8.15. The molecule has 0 radical (unpaired) electrons. The van der Waals surface area contributed by atoms with E-state index in [1.54, 1.807) is 11.8 Å². The van der Waals surface area contributed by atoms with Gasteiger partial charge in [0.1, 0.15) is 0 Å². The van der Waals surface area contributed by atoms with Crippen molar-refractivity contribution < 1.29 is 0 Å². The molecule has 0 spiro atoms. The van der Waals surface area contributed by atoms with Crippen LogP contribution in [0.3, 0.4) is 0 Å². The largest absolute Gasteiger partial charge is 0.281 e. The van der Waals surface area contributed by atoms with E-state index in [2.05, 4.69) is 63.4 Å². The zero-order valence-electron chi connectivity index (χ0n) is 14.3. The normalized spacial score (nSPS) is 24.6. The van der Waals surface area contributed by atoms with Gasteiger partial charge in [0.25, 0.3) is 0 Å². The molecule has 0 bridgehead atoms. The lowest BCUT2D eigenvalue weighted by Gasteiger charge is -2.35. The fourth-order valence-electron chi connectivity index (χ4n) is 3.33. The number of benzene rings is 1. The molecule has 1 atom stereocenters. The van der Waals surface area contributed by atoms with Crippen LogP contribution in [-0.2, 0) is 6.54 Å². The average Bonchev–Trinajstić information content (AvgIpc) is 2.53. The van der Waals surface area contributed by atoms with Gasteiger partial charge in [0.15, 0.2) is 0 Å². The monoisotopic (exact) mass is 324 g/mol. The second-order valence-corrected chi connectivity index (χ2v) is 7.77. The molecule has 23 heavy (non-hydrogen) atoms. The Morgan fingerprint density at radius 1 is 1.22 bits per heavy atom. The number of rotatable bonds is 3. The van der Waals surface area contributed by atoms with Gasteiger partial charge in [-0.05, 0) is 55.7 Å². The SMILES string of the molecule is CSC1=CC(=NCc2ccccc2)C=C2C1=NC(C)(C)CC2C. The van der Waals surface area contributed by atoms with Gasteiger partial charge in [-0.3, -0.25) is 9.98 Å². The van der Waals surface area contributed by atoms with Crippen LogP contribution in [0.5, 0.6) is 0 Å². The highest BCUT2D eigenvalue weighted by Crippen LogP contribution is 2.38. The standard InChI is InChI=1S/C20H24N2S/c1-14-12-20(2,3)22-19-17(14)10-16(11-18(19)23-4)21-13-15-8-6-5-7-9-15/h5-11,14H,12-13H2,1-4H3. The molecule has 0 saturated heterocycles. The molecule has 0 saturated carbocycles. The van der Waals surface area contributed by atoms with Crippen LogP contribution in [0.1, 0.15) is 32.8 Å². The Kier molecular flexibility index (Phi) is 4.58. The van der Waals surface area contributed by atoms with Crippen molar-refractivity contribution in [1.29, 1.82) is 0 Å². The van der Waals surface area contributed by atoms with Crippen molar-refractivity contribution in [3.05, 3.63) is 58.5 Å². The van der Waals surface area contributed by atoms with Crippen LogP contribution in [0.25, 0.3) is 0 Å². The molecule has 120 valence electrons. The number of hydrogen-bond donors (Lipinski definition) is 0. The van der Waals surface area contributed by atoms with Gasteiger partial charge in [0.05, 0.1) is 23.5 Å². The Morgan fingerprint density at radius 2 is 1.96 bits per heavy atom. The second-order valence-electron chi connectivity index (χ2n) is 6.92. The minimum Gasteiger partial charge on any atom is -0.281 e. The number of hydrogen-bond acceptors (Lipinski definition) is 3. The molecule has 1 unspecified atom stereocenters. The van der Waals surface area contributed by atoms with Gasteiger partial charge in [-0.25, -0.2) is 0 Å². The molecule has 0 fully saturated rings. The summed E-state index contributed by atoms with van der Waals surface area (Å²) >= 11 is 1.77. The van der Waals surface area contributed by atoms with E-state index in [1.165, 1.54) is 21.8 Å². The lowest BCUT2D eigenvalue weighted by Crippen LogP contribution is -2.33. The van der Waals surface area contributed by atoms with Crippen LogP contribution >= 0.6 is 11.8 Å². The Labute approximate surface area is 143 Å². The summed E-state index contributed by atoms with van der Waals surface area (Å²) in [4.78, 5) is 11.0. The van der Waals surface area contributed by atoms with Crippen molar-refractivity contribution in [2.45, 2.75) is 39.3 Å². The van der Waals surface area contributed by atoms with Gasteiger partial charge in [-0.15, -0.1) is 11.8 Å². The summed E-state index contributed by atoms with van der Waals surface area (Å²) in [5, 5.41) is 0. The van der Waals surface area contributed by atoms with Crippen LogP contribution in [0.2, 0.25) is 0 Å². The average molecular weight is 324 g/mol. The predicted molar refractivity (Wildman–Crippen MR) is 103 cm³/mol. The maximum absolute atomic E-state index is 5.00. The number of allylic oxidation sites excluding steroid dienone is 4. The van der Waals surface area contributed by atoms with Gasteiger partial charge >= 0.3 is 0 Å². The van der Waals surface area contributed by atoms with Crippen LogP contribution < -0.4 is 0 Å². The Bertz CT molecular complexity index is 708. The lowest BCUT2D eigenvalue weighted by molar-refractivity contribution is 0.406. The smallest absolute Gasteiger partial charge is 0.0752 e. The molecule has 1 aliphatic carbocycles. The van der Waals surface area contributed by atoms with Crippen LogP contribution in [0.4, 0.5) is 0 Å². The quantitative estimate of drug-likeness (QED) is 0.712. The summed E-state index contributed by atoms with van der Waals surface area (Å²) in [5.74, 6) is 0.523. The molecule has 3 rings (SSSR count). The molecule has 1 aliphatic heterocycles. The van der Waals surface area contributed by atoms with Crippen molar-refractivity contribution >= 4 is 23.2 Å². The van der Waals surface area contributed by atoms with E-state index in [1.807, 2.05) is 6.07 Å². The Hall–Kier alpha value is -1.61. The van der Waals surface area contributed by atoms with Crippen molar-refractivity contribution in [3.63, 3.8) is 0 Å². The summed E-state index contributed by atoms with van der Waals surface area (Å²) in [7, 11) is 0. The van der Waals surface area contributed by atoms with Crippen molar-refractivity contribution in [2.75, 3.05) is 6.26 Å². The molecule has 2 nitrogen and oxygen atoms in total. The third-order valence-corrected chi connectivity index (χ3v) is 5.10. The molecule has 3 heteroatoms. The van der Waals surface area contributed by atoms with Crippen LogP contribution in [0.15, 0.2) is 62.9 Å². The number of thioether (sulfide) groups is 1. The van der Waals surface area contributed by atoms with Gasteiger partial charge in [0, 0.05) is 4.91 Å². The Morgan fingerprint density at radius 3 is 2.65 bits per heavy atom. The topological polar surface area (TPSA) is 24.7 Å². The molecule has 1 aromatic carbocycles. The third-order valence-electron chi connectivity index (χ3n) is 4.35. The molecular formula is C20H24N2S. The zero-order valence-corrected chi connectivity index (χ0v) is 15.2. The molecule has 1 heterocycles. The Balaban J connectivity index is 1.93. The highest BCUT2D eigenvalue weighted by molar-refractivity contribution is 8.03. The number of nitrogens with zero attached hydrogens (tertiary/aromatic N) is 2. The molecule has 0 N–H and O–H groups in total. The second kappa shape index (κ2) is 6.48. The van der Waals surface area contributed by atoms with E-state index in [9.17, 15) is 0 Å². The highest BCUT2D eigenvalue weighted by atomic mass is 32.2. The van der Waals surface area contributed by atoms with Gasteiger partial charge in [-0.1, -0.05) is 37.3 Å². The first-order chi connectivity index (χ1) is 11.0.